The second kappa shape index (κ2) is 5.25. The predicted octanol–water partition coefficient (Wildman–Crippen LogP) is 0.722. The molecule has 4 atom stereocenters. The number of carbonyl (C=O) groups excluding carboxylic acids is 2. The number of carboxylic acid groups (broad SMARTS) is 1. The number of aliphatic carboxylic acids is 1. The van der Waals surface area contributed by atoms with Crippen molar-refractivity contribution in [3.05, 3.63) is 46.5 Å². The van der Waals surface area contributed by atoms with Crippen LogP contribution in [0.25, 0.3) is 0 Å². The van der Waals surface area contributed by atoms with Gasteiger partial charge < -0.3 is 15.2 Å². The average molecular weight is 301 g/mol. The number of nitrogens with one attached hydrogen (secondary N) is 1. The Balaban J connectivity index is 1.80. The van der Waals surface area contributed by atoms with Crippen molar-refractivity contribution in [3.63, 3.8) is 0 Å². The summed E-state index contributed by atoms with van der Waals surface area (Å²) < 4.78 is 0. The van der Waals surface area contributed by atoms with Gasteiger partial charge in [0.1, 0.15) is 0 Å². The lowest BCUT2D eigenvalue weighted by Crippen LogP contribution is -2.42. The molecule has 0 unspecified atom stereocenters. The Kier molecular flexibility index (Phi) is 3.40. The number of amides is 1. The minimum absolute atomic E-state index is 0.119. The Bertz CT molecular complexity index is 684. The molecule has 2 aliphatic carbocycles. The van der Waals surface area contributed by atoms with Gasteiger partial charge in [0.15, 0.2) is 0 Å². The van der Waals surface area contributed by atoms with E-state index in [-0.39, 0.29) is 23.2 Å². The number of benzene rings is 1. The third-order valence-corrected chi connectivity index (χ3v) is 4.36. The lowest BCUT2D eigenvalue weighted by atomic mass is 9.82. The second-order valence-electron chi connectivity index (χ2n) is 5.62. The van der Waals surface area contributed by atoms with Crippen LogP contribution < -0.4 is 10.4 Å². The van der Waals surface area contributed by atoms with Gasteiger partial charge in [0.05, 0.1) is 10.8 Å². The van der Waals surface area contributed by atoms with Gasteiger partial charge in [-0.2, -0.15) is 0 Å². The fourth-order valence-corrected chi connectivity index (χ4v) is 3.42. The fraction of sp³-hybridized carbons (Fsp3) is 0.333. The average Bonchev–Trinajstić information content (AvgIpc) is 3.07. The molecule has 0 radical (unpaired) electrons. The van der Waals surface area contributed by atoms with Crippen LogP contribution in [0.3, 0.4) is 0 Å². The van der Waals surface area contributed by atoms with E-state index in [1.807, 2.05) is 12.2 Å². The highest BCUT2D eigenvalue weighted by molar-refractivity contribution is 5.96. The monoisotopic (exact) mass is 301 g/mol. The van der Waals surface area contributed by atoms with Gasteiger partial charge in [-0.05, 0) is 24.3 Å². The highest BCUT2D eigenvalue weighted by Crippen LogP contribution is 2.48. The van der Waals surface area contributed by atoms with Gasteiger partial charge in [0.2, 0.25) is 5.91 Å². The van der Waals surface area contributed by atoms with Crippen LogP contribution in [-0.4, -0.2) is 16.8 Å². The van der Waals surface area contributed by atoms with Gasteiger partial charge in [-0.3, -0.25) is 14.9 Å². The molecule has 1 fully saturated rings. The normalized spacial score (nSPS) is 28.5. The van der Waals surface area contributed by atoms with Crippen molar-refractivity contribution in [3.8, 4) is 0 Å². The number of hydrogen-bond donors (Lipinski definition) is 1. The molecule has 1 N–H and O–H groups in total. The van der Waals surface area contributed by atoms with E-state index >= 15 is 0 Å². The molecular weight excluding hydrogens is 288 g/mol. The third kappa shape index (κ3) is 2.34. The topological polar surface area (TPSA) is 112 Å². The quantitative estimate of drug-likeness (QED) is 0.500. The van der Waals surface area contributed by atoms with E-state index in [0.717, 1.165) is 0 Å². The molecule has 3 rings (SSSR count). The maximum Gasteiger partial charge on any atom is 0.271 e. The molecule has 7 nitrogen and oxygen atoms in total. The standard InChI is InChI=1S/C15H14N2O5/c18-14(16-10-2-1-3-11(7-10)17(21)22)12-8-4-5-9(6-8)13(12)15(19)20/h1-5,7-9,12-13H,6H2,(H,16,18)(H,19,20)/p-1/t8-,9+,12+,13+/m1/s1. The van der Waals surface area contributed by atoms with Gasteiger partial charge in [-0.15, -0.1) is 0 Å². The van der Waals surface area contributed by atoms with Crippen molar-refractivity contribution in [2.45, 2.75) is 6.42 Å². The number of hydrogen-bond acceptors (Lipinski definition) is 5. The van der Waals surface area contributed by atoms with Crippen LogP contribution in [0.4, 0.5) is 11.4 Å². The van der Waals surface area contributed by atoms with Gasteiger partial charge in [-0.25, -0.2) is 0 Å². The zero-order chi connectivity index (χ0) is 15.9. The summed E-state index contributed by atoms with van der Waals surface area (Å²) in [6.45, 7) is 0. The summed E-state index contributed by atoms with van der Waals surface area (Å²) in [6, 6.07) is 5.56. The SMILES string of the molecule is O=C(Nc1cccc([N+](=O)[O-])c1)[C@@H]1[C@@H](C(=O)[O-])[C@H]2C=C[C@@H]1C2. The van der Waals surface area contributed by atoms with E-state index in [1.165, 1.54) is 24.3 Å². The lowest BCUT2D eigenvalue weighted by Gasteiger charge is -2.27. The van der Waals surface area contributed by atoms with Crippen LogP contribution in [0.2, 0.25) is 0 Å². The molecule has 22 heavy (non-hydrogen) atoms. The van der Waals surface area contributed by atoms with E-state index in [2.05, 4.69) is 5.32 Å². The minimum Gasteiger partial charge on any atom is -0.550 e. The molecular formula is C15H13N2O5-. The van der Waals surface area contributed by atoms with E-state index in [4.69, 9.17) is 0 Å². The Labute approximate surface area is 125 Å². The molecule has 0 aromatic heterocycles. The third-order valence-electron chi connectivity index (χ3n) is 4.36. The number of carbonyl (C=O) groups is 2. The van der Waals surface area contributed by atoms with Gasteiger partial charge >= 0.3 is 0 Å². The van der Waals surface area contributed by atoms with Crippen molar-refractivity contribution in [2.24, 2.45) is 23.7 Å². The zero-order valence-corrected chi connectivity index (χ0v) is 11.5. The first-order valence-electron chi connectivity index (χ1n) is 6.92. The first-order chi connectivity index (χ1) is 10.5. The summed E-state index contributed by atoms with van der Waals surface area (Å²) in [5, 5.41) is 24.6. The lowest BCUT2D eigenvalue weighted by molar-refractivity contribution is -0.384. The smallest absolute Gasteiger partial charge is 0.271 e. The maximum absolute atomic E-state index is 12.4. The van der Waals surface area contributed by atoms with Gasteiger partial charge in [-0.1, -0.05) is 18.2 Å². The summed E-state index contributed by atoms with van der Waals surface area (Å²) >= 11 is 0. The second-order valence-corrected chi connectivity index (χ2v) is 5.62. The molecule has 1 saturated carbocycles. The molecule has 0 aliphatic heterocycles. The molecule has 1 aromatic carbocycles. The number of nitro benzene ring substituents is 1. The van der Waals surface area contributed by atoms with Crippen LogP contribution in [0, 0.1) is 33.8 Å². The summed E-state index contributed by atoms with van der Waals surface area (Å²) in [5.41, 5.74) is 0.144. The Morgan fingerprint density at radius 2 is 1.86 bits per heavy atom. The van der Waals surface area contributed by atoms with E-state index in [9.17, 15) is 24.8 Å². The Hall–Kier alpha value is -2.70. The fourth-order valence-electron chi connectivity index (χ4n) is 3.42. The molecule has 1 aromatic rings. The summed E-state index contributed by atoms with van der Waals surface area (Å²) in [4.78, 5) is 33.9. The van der Waals surface area contributed by atoms with Gasteiger partial charge in [0, 0.05) is 29.7 Å². The summed E-state index contributed by atoms with van der Waals surface area (Å²) in [6.07, 6.45) is 4.32. The largest absolute Gasteiger partial charge is 0.550 e. The highest BCUT2D eigenvalue weighted by atomic mass is 16.6. The number of anilines is 1. The van der Waals surface area contributed by atoms with Crippen LogP contribution in [0.5, 0.6) is 0 Å². The molecule has 0 heterocycles. The number of non-ortho nitro benzene ring substituents is 1. The van der Waals surface area contributed by atoms with Crippen LogP contribution >= 0.6 is 0 Å². The van der Waals surface area contributed by atoms with Crippen molar-refractivity contribution in [1.82, 2.24) is 0 Å². The van der Waals surface area contributed by atoms with Crippen molar-refractivity contribution < 1.29 is 19.6 Å². The molecule has 1 amide bonds. The number of fused-ring (bicyclic) bond motifs is 2. The zero-order valence-electron chi connectivity index (χ0n) is 11.5. The summed E-state index contributed by atoms with van der Waals surface area (Å²) in [5.74, 6) is -3.49. The Morgan fingerprint density at radius 1 is 1.18 bits per heavy atom. The highest BCUT2D eigenvalue weighted by Gasteiger charge is 2.48. The number of rotatable bonds is 4. The van der Waals surface area contributed by atoms with Crippen molar-refractivity contribution >= 4 is 23.3 Å². The first kappa shape index (κ1) is 14.2. The number of nitrogens with zero attached hydrogens (tertiary/aromatic N) is 1. The molecule has 114 valence electrons. The first-order valence-corrected chi connectivity index (χ1v) is 6.92. The van der Waals surface area contributed by atoms with Crippen LogP contribution in [0.15, 0.2) is 36.4 Å². The van der Waals surface area contributed by atoms with Gasteiger partial charge in [0.25, 0.3) is 5.69 Å². The molecule has 0 spiro atoms. The number of allylic oxidation sites excluding steroid dienone is 2. The minimum atomic E-state index is -1.23. The van der Waals surface area contributed by atoms with E-state index in [0.29, 0.717) is 6.42 Å². The Morgan fingerprint density at radius 3 is 2.50 bits per heavy atom. The molecule has 2 aliphatic rings. The van der Waals surface area contributed by atoms with Crippen LogP contribution in [0.1, 0.15) is 6.42 Å². The maximum atomic E-state index is 12.4. The number of carboxylic acids is 1. The van der Waals surface area contributed by atoms with Crippen molar-refractivity contribution in [2.75, 3.05) is 5.32 Å². The van der Waals surface area contributed by atoms with E-state index in [1.54, 1.807) is 0 Å². The molecule has 2 bridgehead atoms. The molecule has 0 saturated heterocycles. The predicted molar refractivity (Wildman–Crippen MR) is 74.5 cm³/mol. The van der Waals surface area contributed by atoms with Crippen LogP contribution in [-0.2, 0) is 9.59 Å². The van der Waals surface area contributed by atoms with Crippen molar-refractivity contribution in [1.29, 1.82) is 0 Å². The molecule has 7 heteroatoms. The summed E-state index contributed by atoms with van der Waals surface area (Å²) in [7, 11) is 0. The van der Waals surface area contributed by atoms with E-state index < -0.39 is 28.6 Å². The number of nitro groups is 1.